The van der Waals surface area contributed by atoms with Gasteiger partial charge in [-0.1, -0.05) is 17.3 Å². The Labute approximate surface area is 160 Å². The van der Waals surface area contributed by atoms with Crippen molar-refractivity contribution in [1.82, 2.24) is 15.5 Å². The van der Waals surface area contributed by atoms with Gasteiger partial charge in [-0.2, -0.15) is 4.98 Å². The normalized spacial score (nSPS) is 13.8. The van der Waals surface area contributed by atoms with Gasteiger partial charge in [0.15, 0.2) is 0 Å². The lowest BCUT2D eigenvalue weighted by Gasteiger charge is -2.00. The number of methoxy groups -OCH3 is 1. The molecule has 1 amide bonds. The maximum Gasteiger partial charge on any atom is 0.250 e. The predicted octanol–water partition coefficient (Wildman–Crippen LogP) is 4.00. The summed E-state index contributed by atoms with van der Waals surface area (Å²) in [4.78, 5) is 18.1. The number of aromatic nitrogens is 2. The zero-order valence-corrected chi connectivity index (χ0v) is 15.7. The summed E-state index contributed by atoms with van der Waals surface area (Å²) in [7, 11) is 1.64. The third-order valence-electron chi connectivity index (χ3n) is 4.22. The van der Waals surface area contributed by atoms with Crippen molar-refractivity contribution in [3.8, 4) is 16.5 Å². The van der Waals surface area contributed by atoms with Crippen molar-refractivity contribution in [1.29, 1.82) is 0 Å². The topological polar surface area (TPSA) is 77.2 Å². The molecule has 0 unspecified atom stereocenters. The maximum absolute atomic E-state index is 11.7. The summed E-state index contributed by atoms with van der Waals surface area (Å²) in [6.45, 7) is 0.542. The van der Waals surface area contributed by atoms with Crippen molar-refractivity contribution < 1.29 is 14.1 Å². The lowest BCUT2D eigenvalue weighted by atomic mass is 10.2. The molecule has 138 valence electrons. The first-order valence-electron chi connectivity index (χ1n) is 8.74. The minimum absolute atomic E-state index is 0.148. The number of nitrogens with zero attached hydrogens (tertiary/aromatic N) is 2. The molecule has 27 heavy (non-hydrogen) atoms. The Balaban J connectivity index is 1.40. The largest absolute Gasteiger partial charge is 0.497 e. The molecule has 0 radical (unpaired) electrons. The molecule has 1 aromatic carbocycles. The SMILES string of the molecule is COc1cccc(C=Cc2nc(-c3ccc(CNC(=O)C4CC4)s3)no2)c1. The van der Waals surface area contributed by atoms with E-state index < -0.39 is 0 Å². The average molecular weight is 381 g/mol. The molecule has 0 saturated heterocycles. The van der Waals surface area contributed by atoms with Crippen LogP contribution in [0.2, 0.25) is 0 Å². The van der Waals surface area contributed by atoms with E-state index in [9.17, 15) is 4.79 Å². The number of carbonyl (C=O) groups is 1. The second-order valence-corrected chi connectivity index (χ2v) is 7.49. The molecule has 1 N–H and O–H groups in total. The Morgan fingerprint density at radius 2 is 2.22 bits per heavy atom. The highest BCUT2D eigenvalue weighted by molar-refractivity contribution is 7.15. The highest BCUT2D eigenvalue weighted by Gasteiger charge is 2.29. The third kappa shape index (κ3) is 4.43. The van der Waals surface area contributed by atoms with Gasteiger partial charge in [-0.15, -0.1) is 11.3 Å². The van der Waals surface area contributed by atoms with Crippen LogP contribution in [0.4, 0.5) is 0 Å². The number of hydrogen-bond donors (Lipinski definition) is 1. The van der Waals surface area contributed by atoms with Crippen molar-refractivity contribution in [2.45, 2.75) is 19.4 Å². The summed E-state index contributed by atoms with van der Waals surface area (Å²) < 4.78 is 10.5. The van der Waals surface area contributed by atoms with Crippen molar-refractivity contribution in [3.05, 3.63) is 52.7 Å². The average Bonchev–Trinajstić information content (AvgIpc) is 3.26. The van der Waals surface area contributed by atoms with Gasteiger partial charge in [0.2, 0.25) is 11.7 Å². The minimum atomic E-state index is 0.148. The molecule has 4 rings (SSSR count). The standard InChI is InChI=1S/C20H19N3O3S/c1-25-15-4-2-3-13(11-15)5-10-18-22-19(23-26-18)17-9-8-16(27-17)12-21-20(24)14-6-7-14/h2-5,8-11,14H,6-7,12H2,1H3,(H,21,24). The highest BCUT2D eigenvalue weighted by Crippen LogP contribution is 2.30. The van der Waals surface area contributed by atoms with Crippen LogP contribution in [0.3, 0.4) is 0 Å². The van der Waals surface area contributed by atoms with Gasteiger partial charge in [0.1, 0.15) is 5.75 Å². The van der Waals surface area contributed by atoms with E-state index in [1.54, 1.807) is 24.5 Å². The van der Waals surface area contributed by atoms with Crippen molar-refractivity contribution in [2.75, 3.05) is 7.11 Å². The molecule has 0 aliphatic heterocycles. The molecule has 7 heteroatoms. The Morgan fingerprint density at radius 1 is 1.33 bits per heavy atom. The first-order valence-corrected chi connectivity index (χ1v) is 9.55. The van der Waals surface area contributed by atoms with Crippen LogP contribution in [0.15, 0.2) is 40.9 Å². The molecule has 1 aliphatic carbocycles. The van der Waals surface area contributed by atoms with Crippen LogP contribution in [0.1, 0.15) is 29.2 Å². The zero-order chi connectivity index (χ0) is 18.6. The number of nitrogens with one attached hydrogen (secondary N) is 1. The van der Waals surface area contributed by atoms with Crippen molar-refractivity contribution >= 4 is 29.4 Å². The summed E-state index contributed by atoms with van der Waals surface area (Å²) in [6.07, 6.45) is 5.69. The van der Waals surface area contributed by atoms with E-state index in [0.29, 0.717) is 18.3 Å². The smallest absolute Gasteiger partial charge is 0.250 e. The van der Waals surface area contributed by atoms with Crippen LogP contribution in [-0.4, -0.2) is 23.2 Å². The molecule has 2 heterocycles. The number of benzene rings is 1. The predicted molar refractivity (Wildman–Crippen MR) is 104 cm³/mol. The zero-order valence-electron chi connectivity index (χ0n) is 14.8. The summed E-state index contributed by atoms with van der Waals surface area (Å²) in [5.74, 6) is 2.15. The molecule has 1 saturated carbocycles. The monoisotopic (exact) mass is 381 g/mol. The van der Waals surface area contributed by atoms with Crippen molar-refractivity contribution in [2.24, 2.45) is 5.92 Å². The number of carbonyl (C=O) groups excluding carboxylic acids is 1. The van der Waals surface area contributed by atoms with Crippen molar-refractivity contribution in [3.63, 3.8) is 0 Å². The van der Waals surface area contributed by atoms with E-state index in [1.165, 1.54) is 0 Å². The van der Waals surface area contributed by atoms with E-state index in [-0.39, 0.29) is 11.8 Å². The van der Waals surface area contributed by atoms with E-state index in [0.717, 1.165) is 33.9 Å². The molecule has 0 spiro atoms. The molecule has 2 aromatic heterocycles. The molecule has 3 aromatic rings. The molecular weight excluding hydrogens is 362 g/mol. The van der Waals surface area contributed by atoms with Gasteiger partial charge in [-0.3, -0.25) is 4.79 Å². The maximum atomic E-state index is 11.7. The lowest BCUT2D eigenvalue weighted by molar-refractivity contribution is -0.122. The molecular formula is C20H19N3O3S. The van der Waals surface area contributed by atoms with Gasteiger partial charge in [0.25, 0.3) is 5.89 Å². The Morgan fingerprint density at radius 3 is 3.04 bits per heavy atom. The van der Waals surface area contributed by atoms with Crippen LogP contribution >= 0.6 is 11.3 Å². The van der Waals surface area contributed by atoms with Crippen LogP contribution < -0.4 is 10.1 Å². The number of amides is 1. The second-order valence-electron chi connectivity index (χ2n) is 6.32. The van der Waals surface area contributed by atoms with Crippen LogP contribution in [0, 0.1) is 5.92 Å². The second kappa shape index (κ2) is 7.75. The number of thiophene rings is 1. The number of rotatable bonds is 7. The molecule has 6 nitrogen and oxygen atoms in total. The Hall–Kier alpha value is -2.93. The van der Waals surface area contributed by atoms with Crippen LogP contribution in [0.25, 0.3) is 22.9 Å². The first kappa shape index (κ1) is 17.5. The first-order chi connectivity index (χ1) is 13.2. The Kier molecular flexibility index (Phi) is 5.02. The third-order valence-corrected chi connectivity index (χ3v) is 5.30. The minimum Gasteiger partial charge on any atom is -0.497 e. The van der Waals surface area contributed by atoms with Gasteiger partial charge in [-0.05, 0) is 48.7 Å². The van der Waals surface area contributed by atoms with E-state index in [2.05, 4.69) is 15.5 Å². The van der Waals surface area contributed by atoms with E-state index in [1.807, 2.05) is 42.5 Å². The summed E-state index contributed by atoms with van der Waals surface area (Å²) in [6, 6.07) is 11.6. The van der Waals surface area contributed by atoms with Gasteiger partial charge in [-0.25, -0.2) is 0 Å². The van der Waals surface area contributed by atoms with Gasteiger partial charge >= 0.3 is 0 Å². The fourth-order valence-electron chi connectivity index (χ4n) is 2.57. The number of ether oxygens (including phenoxy) is 1. The van der Waals surface area contributed by atoms with E-state index >= 15 is 0 Å². The summed E-state index contributed by atoms with van der Waals surface area (Å²) in [5, 5.41) is 7.00. The van der Waals surface area contributed by atoms with Gasteiger partial charge < -0.3 is 14.6 Å². The highest BCUT2D eigenvalue weighted by atomic mass is 32.1. The van der Waals surface area contributed by atoms with Gasteiger partial charge in [0.05, 0.1) is 18.5 Å². The molecule has 0 atom stereocenters. The number of hydrogen-bond acceptors (Lipinski definition) is 6. The lowest BCUT2D eigenvalue weighted by Crippen LogP contribution is -2.23. The van der Waals surface area contributed by atoms with Crippen LogP contribution in [-0.2, 0) is 11.3 Å². The Bertz CT molecular complexity index is 972. The molecule has 0 bridgehead atoms. The quantitative estimate of drug-likeness (QED) is 0.669. The van der Waals surface area contributed by atoms with Gasteiger partial charge in [0, 0.05) is 16.9 Å². The fourth-order valence-corrected chi connectivity index (χ4v) is 3.45. The van der Waals surface area contributed by atoms with Crippen LogP contribution in [0.5, 0.6) is 5.75 Å². The molecule has 1 fully saturated rings. The summed E-state index contributed by atoms with van der Waals surface area (Å²) >= 11 is 1.55. The van der Waals surface area contributed by atoms with E-state index in [4.69, 9.17) is 9.26 Å². The summed E-state index contributed by atoms with van der Waals surface area (Å²) in [5.41, 5.74) is 0.985. The fraction of sp³-hybridized carbons (Fsp3) is 0.250. The molecule has 1 aliphatic rings.